The number of halogens is 2. The smallest absolute Gasteiger partial charge is 0.337 e. The van der Waals surface area contributed by atoms with Crippen LogP contribution in [-0.2, 0) is 4.74 Å². The quantitative estimate of drug-likeness (QED) is 0.564. The Labute approximate surface area is 86.4 Å². The van der Waals surface area contributed by atoms with Crippen LogP contribution in [0.4, 0.5) is 0 Å². The third kappa shape index (κ3) is 2.61. The Hall–Kier alpha value is -0.730. The fraction of sp³-hybridized carbons (Fsp3) is 0.222. The van der Waals surface area contributed by atoms with Crippen LogP contribution >= 0.6 is 23.2 Å². The molecular weight excluding hydrogens is 211 g/mol. The van der Waals surface area contributed by atoms with E-state index in [0.717, 1.165) is 5.56 Å². The Morgan fingerprint density at radius 3 is 2.23 bits per heavy atom. The average Bonchev–Trinajstić information content (AvgIpc) is 2.17. The molecule has 1 aromatic rings. The monoisotopic (exact) mass is 218 g/mol. The summed E-state index contributed by atoms with van der Waals surface area (Å²) >= 11 is 11.2. The number of hydrogen-bond acceptors (Lipinski definition) is 2. The number of esters is 1. The number of ether oxygens (including phenoxy) is 1. The van der Waals surface area contributed by atoms with Gasteiger partial charge in [0.1, 0.15) is 4.84 Å². The van der Waals surface area contributed by atoms with Crippen LogP contribution in [0.1, 0.15) is 20.8 Å². The lowest BCUT2D eigenvalue weighted by atomic mass is 10.1. The molecule has 0 radical (unpaired) electrons. The molecule has 1 rings (SSSR count). The molecule has 0 unspecified atom stereocenters. The Morgan fingerprint density at radius 2 is 1.85 bits per heavy atom. The van der Waals surface area contributed by atoms with Gasteiger partial charge in [-0.1, -0.05) is 12.1 Å². The van der Waals surface area contributed by atoms with Crippen LogP contribution in [0.2, 0.25) is 0 Å². The first kappa shape index (κ1) is 10.4. The lowest BCUT2D eigenvalue weighted by Crippen LogP contribution is -2.00. The first-order chi connectivity index (χ1) is 6.15. The van der Waals surface area contributed by atoms with E-state index >= 15 is 0 Å². The van der Waals surface area contributed by atoms with E-state index in [1.54, 1.807) is 24.3 Å². The molecule has 0 aliphatic heterocycles. The van der Waals surface area contributed by atoms with Crippen molar-refractivity contribution < 1.29 is 9.53 Å². The fourth-order valence-electron chi connectivity index (χ4n) is 0.883. The highest BCUT2D eigenvalue weighted by Gasteiger charge is 2.06. The number of carbonyl (C=O) groups excluding carboxylic acids is 1. The average molecular weight is 219 g/mol. The van der Waals surface area contributed by atoms with Gasteiger partial charge in [-0.15, -0.1) is 23.2 Å². The van der Waals surface area contributed by atoms with Crippen molar-refractivity contribution in [1.29, 1.82) is 0 Å². The third-order valence-electron chi connectivity index (χ3n) is 1.58. The zero-order chi connectivity index (χ0) is 9.84. The first-order valence-corrected chi connectivity index (χ1v) is 4.49. The van der Waals surface area contributed by atoms with Crippen molar-refractivity contribution in [3.05, 3.63) is 35.4 Å². The Balaban J connectivity index is 2.87. The van der Waals surface area contributed by atoms with Gasteiger partial charge >= 0.3 is 5.97 Å². The van der Waals surface area contributed by atoms with E-state index in [9.17, 15) is 4.79 Å². The summed E-state index contributed by atoms with van der Waals surface area (Å²) < 4.78 is 4.53. The molecule has 0 atom stereocenters. The Bertz CT molecular complexity index is 293. The summed E-state index contributed by atoms with van der Waals surface area (Å²) in [5, 5.41) is 0. The van der Waals surface area contributed by atoms with Crippen molar-refractivity contribution in [3.63, 3.8) is 0 Å². The second-order valence-corrected chi connectivity index (χ2v) is 3.51. The summed E-state index contributed by atoms with van der Waals surface area (Å²) in [5.74, 6) is -0.368. The van der Waals surface area contributed by atoms with Gasteiger partial charge in [-0.2, -0.15) is 0 Å². The molecule has 0 bridgehead atoms. The van der Waals surface area contributed by atoms with E-state index < -0.39 is 4.84 Å². The maximum absolute atomic E-state index is 11.0. The Morgan fingerprint density at radius 1 is 1.31 bits per heavy atom. The molecule has 0 aliphatic rings. The molecule has 0 fully saturated rings. The van der Waals surface area contributed by atoms with Gasteiger partial charge in [-0.05, 0) is 17.7 Å². The van der Waals surface area contributed by atoms with Crippen molar-refractivity contribution >= 4 is 29.2 Å². The van der Waals surface area contributed by atoms with Gasteiger partial charge in [0.2, 0.25) is 0 Å². The normalized spacial score (nSPS) is 10.2. The van der Waals surface area contributed by atoms with E-state index in [0.29, 0.717) is 5.56 Å². The van der Waals surface area contributed by atoms with Gasteiger partial charge in [0.25, 0.3) is 0 Å². The summed E-state index contributed by atoms with van der Waals surface area (Å²) in [6.07, 6.45) is 0. The number of rotatable bonds is 2. The van der Waals surface area contributed by atoms with Crippen LogP contribution in [0.3, 0.4) is 0 Å². The fourth-order valence-corrected chi connectivity index (χ4v) is 1.17. The summed E-state index contributed by atoms with van der Waals surface area (Å²) in [6.45, 7) is 0. The molecule has 0 saturated carbocycles. The molecule has 0 heterocycles. The van der Waals surface area contributed by atoms with E-state index in [2.05, 4.69) is 4.74 Å². The van der Waals surface area contributed by atoms with Crippen molar-refractivity contribution in [2.75, 3.05) is 7.11 Å². The second kappa shape index (κ2) is 4.49. The second-order valence-electron chi connectivity index (χ2n) is 2.41. The van der Waals surface area contributed by atoms with Crippen molar-refractivity contribution in [2.45, 2.75) is 4.84 Å². The van der Waals surface area contributed by atoms with Crippen LogP contribution in [0.25, 0.3) is 0 Å². The molecule has 0 aliphatic carbocycles. The van der Waals surface area contributed by atoms with Crippen molar-refractivity contribution in [1.82, 2.24) is 0 Å². The number of alkyl halides is 2. The molecule has 0 spiro atoms. The highest BCUT2D eigenvalue weighted by molar-refractivity contribution is 6.44. The minimum absolute atomic E-state index is 0.368. The van der Waals surface area contributed by atoms with Crippen molar-refractivity contribution in [2.24, 2.45) is 0 Å². The summed E-state index contributed by atoms with van der Waals surface area (Å²) in [7, 11) is 1.34. The third-order valence-corrected chi connectivity index (χ3v) is 2.09. The highest BCUT2D eigenvalue weighted by atomic mass is 35.5. The van der Waals surface area contributed by atoms with Gasteiger partial charge in [0, 0.05) is 0 Å². The minimum atomic E-state index is -0.563. The van der Waals surface area contributed by atoms with Crippen LogP contribution in [-0.4, -0.2) is 13.1 Å². The van der Waals surface area contributed by atoms with Crippen LogP contribution in [0.15, 0.2) is 24.3 Å². The molecule has 70 valence electrons. The summed E-state index contributed by atoms with van der Waals surface area (Å²) in [4.78, 5) is 10.4. The van der Waals surface area contributed by atoms with Gasteiger partial charge in [-0.25, -0.2) is 4.79 Å². The number of benzene rings is 1. The Kier molecular flexibility index (Phi) is 3.58. The predicted octanol–water partition coefficient (Wildman–Crippen LogP) is 2.95. The van der Waals surface area contributed by atoms with Crippen LogP contribution in [0.5, 0.6) is 0 Å². The topological polar surface area (TPSA) is 26.3 Å². The maximum atomic E-state index is 11.0. The minimum Gasteiger partial charge on any atom is -0.465 e. The van der Waals surface area contributed by atoms with Crippen LogP contribution in [0, 0.1) is 0 Å². The van der Waals surface area contributed by atoms with E-state index in [-0.39, 0.29) is 5.97 Å². The molecule has 0 N–H and O–H groups in total. The number of methoxy groups -OCH3 is 1. The van der Waals surface area contributed by atoms with Crippen LogP contribution < -0.4 is 0 Å². The van der Waals surface area contributed by atoms with Gasteiger partial charge < -0.3 is 4.74 Å². The molecule has 2 nitrogen and oxygen atoms in total. The molecule has 13 heavy (non-hydrogen) atoms. The van der Waals surface area contributed by atoms with E-state index in [1.165, 1.54) is 7.11 Å². The maximum Gasteiger partial charge on any atom is 0.337 e. The number of carbonyl (C=O) groups is 1. The lowest BCUT2D eigenvalue weighted by Gasteiger charge is -2.02. The largest absolute Gasteiger partial charge is 0.465 e. The molecule has 0 aromatic heterocycles. The van der Waals surface area contributed by atoms with Crippen molar-refractivity contribution in [3.8, 4) is 0 Å². The standard InChI is InChI=1S/C9H8Cl2O2/c1-13-9(12)7-4-2-6(3-5-7)8(10)11/h2-5,8H,1H3. The zero-order valence-corrected chi connectivity index (χ0v) is 8.47. The number of hydrogen-bond donors (Lipinski definition) is 0. The molecule has 0 saturated heterocycles. The summed E-state index contributed by atoms with van der Waals surface area (Å²) in [6, 6.07) is 6.63. The van der Waals surface area contributed by atoms with Gasteiger partial charge in [0.15, 0.2) is 0 Å². The van der Waals surface area contributed by atoms with E-state index in [1.807, 2.05) is 0 Å². The predicted molar refractivity (Wildman–Crippen MR) is 52.2 cm³/mol. The van der Waals surface area contributed by atoms with Gasteiger partial charge in [-0.3, -0.25) is 0 Å². The molecule has 4 heteroatoms. The molecule has 0 amide bonds. The summed E-state index contributed by atoms with van der Waals surface area (Å²) in [5.41, 5.74) is 1.25. The lowest BCUT2D eigenvalue weighted by molar-refractivity contribution is 0.0601. The first-order valence-electron chi connectivity index (χ1n) is 3.61. The van der Waals surface area contributed by atoms with E-state index in [4.69, 9.17) is 23.2 Å². The van der Waals surface area contributed by atoms with Gasteiger partial charge in [0.05, 0.1) is 12.7 Å². The SMILES string of the molecule is COC(=O)c1ccc(C(Cl)Cl)cc1. The molecular formula is C9H8Cl2O2. The zero-order valence-electron chi connectivity index (χ0n) is 6.96. The molecule has 1 aromatic carbocycles. The highest BCUT2D eigenvalue weighted by Crippen LogP contribution is 2.24.